The number of carbonyl (C=O) groups excluding carboxylic acids is 1. The SMILES string of the molecule is CCC(C)n1nccc1NC(=O)c1cc2cc(C)ccc2nc1C. The minimum atomic E-state index is -0.159. The van der Waals surface area contributed by atoms with Crippen LogP contribution in [0.25, 0.3) is 10.9 Å². The maximum absolute atomic E-state index is 12.7. The molecule has 5 heteroatoms. The van der Waals surface area contributed by atoms with Crippen molar-refractivity contribution >= 4 is 22.6 Å². The molecule has 0 bridgehead atoms. The van der Waals surface area contributed by atoms with Crippen molar-refractivity contribution in [3.8, 4) is 0 Å². The van der Waals surface area contributed by atoms with E-state index in [-0.39, 0.29) is 11.9 Å². The second kappa shape index (κ2) is 6.43. The molecule has 0 saturated heterocycles. The monoisotopic (exact) mass is 322 g/mol. The first kappa shape index (κ1) is 16.2. The van der Waals surface area contributed by atoms with E-state index in [4.69, 9.17) is 0 Å². The topological polar surface area (TPSA) is 59.8 Å². The van der Waals surface area contributed by atoms with E-state index in [0.29, 0.717) is 11.4 Å². The Balaban J connectivity index is 1.94. The summed E-state index contributed by atoms with van der Waals surface area (Å²) in [5, 5.41) is 8.24. The fraction of sp³-hybridized carbons (Fsp3) is 0.316. The van der Waals surface area contributed by atoms with Crippen molar-refractivity contribution in [2.45, 2.75) is 40.2 Å². The van der Waals surface area contributed by atoms with Crippen LogP contribution in [-0.4, -0.2) is 20.7 Å². The van der Waals surface area contributed by atoms with Gasteiger partial charge in [0.25, 0.3) is 5.91 Å². The van der Waals surface area contributed by atoms with Gasteiger partial charge in [0, 0.05) is 11.5 Å². The Morgan fingerprint density at radius 1 is 1.25 bits per heavy atom. The third-order valence-corrected chi connectivity index (χ3v) is 4.33. The van der Waals surface area contributed by atoms with Crippen molar-refractivity contribution in [1.29, 1.82) is 0 Å². The number of rotatable bonds is 4. The van der Waals surface area contributed by atoms with Crippen LogP contribution in [0.4, 0.5) is 5.82 Å². The lowest BCUT2D eigenvalue weighted by Crippen LogP contribution is -2.18. The number of amides is 1. The highest BCUT2D eigenvalue weighted by molar-refractivity contribution is 6.06. The van der Waals surface area contributed by atoms with E-state index in [1.54, 1.807) is 6.20 Å². The fourth-order valence-electron chi connectivity index (χ4n) is 2.74. The van der Waals surface area contributed by atoms with Crippen LogP contribution >= 0.6 is 0 Å². The number of nitrogens with one attached hydrogen (secondary N) is 1. The van der Waals surface area contributed by atoms with E-state index in [0.717, 1.165) is 28.6 Å². The average molecular weight is 322 g/mol. The largest absolute Gasteiger partial charge is 0.307 e. The Kier molecular flexibility index (Phi) is 4.34. The van der Waals surface area contributed by atoms with E-state index in [1.165, 1.54) is 0 Å². The summed E-state index contributed by atoms with van der Waals surface area (Å²) in [6.45, 7) is 8.07. The molecule has 2 aromatic heterocycles. The summed E-state index contributed by atoms with van der Waals surface area (Å²) < 4.78 is 1.84. The van der Waals surface area contributed by atoms with Crippen LogP contribution < -0.4 is 5.32 Å². The van der Waals surface area contributed by atoms with Gasteiger partial charge in [-0.05, 0) is 45.4 Å². The van der Waals surface area contributed by atoms with Crippen LogP contribution in [0.1, 0.15) is 47.9 Å². The number of anilines is 1. The summed E-state index contributed by atoms with van der Waals surface area (Å²) in [5.41, 5.74) is 3.36. The zero-order valence-electron chi connectivity index (χ0n) is 14.5. The predicted octanol–water partition coefficient (Wildman–Crippen LogP) is 4.27. The maximum Gasteiger partial charge on any atom is 0.258 e. The Labute approximate surface area is 141 Å². The fourth-order valence-corrected chi connectivity index (χ4v) is 2.74. The third-order valence-electron chi connectivity index (χ3n) is 4.33. The molecule has 5 nitrogen and oxygen atoms in total. The summed E-state index contributed by atoms with van der Waals surface area (Å²) in [6, 6.07) is 10.0. The Hall–Kier alpha value is -2.69. The third kappa shape index (κ3) is 3.02. The minimum absolute atomic E-state index is 0.159. The summed E-state index contributed by atoms with van der Waals surface area (Å²) in [7, 11) is 0. The van der Waals surface area contributed by atoms with E-state index < -0.39 is 0 Å². The number of carbonyl (C=O) groups is 1. The number of nitrogens with zero attached hydrogens (tertiary/aromatic N) is 3. The summed E-state index contributed by atoms with van der Waals surface area (Å²) in [6.07, 6.45) is 2.65. The van der Waals surface area contributed by atoms with Crippen molar-refractivity contribution in [2.24, 2.45) is 0 Å². The molecular formula is C19H22N4O. The first-order chi connectivity index (χ1) is 11.5. The van der Waals surface area contributed by atoms with Crippen molar-refractivity contribution in [3.05, 3.63) is 53.3 Å². The van der Waals surface area contributed by atoms with E-state index >= 15 is 0 Å². The number of fused-ring (bicyclic) bond motifs is 1. The van der Waals surface area contributed by atoms with Crippen LogP contribution in [0.15, 0.2) is 36.5 Å². The van der Waals surface area contributed by atoms with E-state index in [9.17, 15) is 4.79 Å². The second-order valence-electron chi connectivity index (χ2n) is 6.19. The smallest absolute Gasteiger partial charge is 0.258 e. The van der Waals surface area contributed by atoms with Gasteiger partial charge in [-0.2, -0.15) is 5.10 Å². The van der Waals surface area contributed by atoms with Gasteiger partial charge in [-0.15, -0.1) is 0 Å². The number of hydrogen-bond donors (Lipinski definition) is 1. The minimum Gasteiger partial charge on any atom is -0.307 e. The van der Waals surface area contributed by atoms with Gasteiger partial charge >= 0.3 is 0 Å². The van der Waals surface area contributed by atoms with Crippen molar-refractivity contribution in [2.75, 3.05) is 5.32 Å². The Morgan fingerprint density at radius 3 is 2.79 bits per heavy atom. The van der Waals surface area contributed by atoms with Crippen LogP contribution in [-0.2, 0) is 0 Å². The molecule has 0 saturated carbocycles. The van der Waals surface area contributed by atoms with Gasteiger partial charge in [0.2, 0.25) is 0 Å². The zero-order chi connectivity index (χ0) is 17.3. The lowest BCUT2D eigenvalue weighted by molar-refractivity contribution is 0.102. The first-order valence-corrected chi connectivity index (χ1v) is 8.22. The molecule has 1 aromatic carbocycles. The predicted molar refractivity (Wildman–Crippen MR) is 96.4 cm³/mol. The van der Waals surface area contributed by atoms with Gasteiger partial charge in [0.1, 0.15) is 5.82 Å². The highest BCUT2D eigenvalue weighted by Gasteiger charge is 2.15. The molecule has 124 valence electrons. The summed E-state index contributed by atoms with van der Waals surface area (Å²) in [5.74, 6) is 0.548. The molecule has 1 unspecified atom stereocenters. The number of aryl methyl sites for hydroxylation is 2. The molecular weight excluding hydrogens is 300 g/mol. The molecule has 3 aromatic rings. The maximum atomic E-state index is 12.7. The Morgan fingerprint density at radius 2 is 2.04 bits per heavy atom. The van der Waals surface area contributed by atoms with Crippen LogP contribution in [0.5, 0.6) is 0 Å². The highest BCUT2D eigenvalue weighted by Crippen LogP contribution is 2.21. The van der Waals surface area contributed by atoms with Gasteiger partial charge in [-0.25, -0.2) is 4.68 Å². The van der Waals surface area contributed by atoms with Crippen molar-refractivity contribution in [3.63, 3.8) is 0 Å². The summed E-state index contributed by atoms with van der Waals surface area (Å²) >= 11 is 0. The van der Waals surface area contributed by atoms with E-state index in [1.807, 2.05) is 48.9 Å². The van der Waals surface area contributed by atoms with E-state index in [2.05, 4.69) is 29.2 Å². The van der Waals surface area contributed by atoms with Crippen LogP contribution in [0, 0.1) is 13.8 Å². The molecule has 1 N–H and O–H groups in total. The van der Waals surface area contributed by atoms with Gasteiger partial charge in [-0.3, -0.25) is 9.78 Å². The number of pyridine rings is 1. The Bertz CT molecular complexity index is 898. The van der Waals surface area contributed by atoms with Crippen LogP contribution in [0.2, 0.25) is 0 Å². The standard InChI is InChI=1S/C19H22N4O/c1-5-13(3)23-18(8-9-20-23)22-19(24)16-11-15-10-12(2)6-7-17(15)21-14(16)4/h6-11,13H,5H2,1-4H3,(H,22,24). The average Bonchev–Trinajstić information content (AvgIpc) is 3.01. The lowest BCUT2D eigenvalue weighted by Gasteiger charge is -2.15. The molecule has 0 spiro atoms. The van der Waals surface area contributed by atoms with Crippen molar-refractivity contribution < 1.29 is 4.79 Å². The molecule has 0 aliphatic carbocycles. The van der Waals surface area contributed by atoms with Crippen molar-refractivity contribution in [1.82, 2.24) is 14.8 Å². The molecule has 3 rings (SSSR count). The second-order valence-corrected chi connectivity index (χ2v) is 6.19. The molecule has 0 aliphatic heterocycles. The molecule has 0 aliphatic rings. The molecule has 2 heterocycles. The highest BCUT2D eigenvalue weighted by atomic mass is 16.1. The number of aromatic nitrogens is 3. The number of hydrogen-bond acceptors (Lipinski definition) is 3. The first-order valence-electron chi connectivity index (χ1n) is 8.22. The quantitative estimate of drug-likeness (QED) is 0.780. The van der Waals surface area contributed by atoms with Crippen LogP contribution in [0.3, 0.4) is 0 Å². The molecule has 0 radical (unpaired) electrons. The zero-order valence-corrected chi connectivity index (χ0v) is 14.5. The molecule has 1 atom stereocenters. The van der Waals surface area contributed by atoms with Gasteiger partial charge in [0.15, 0.2) is 0 Å². The number of benzene rings is 1. The lowest BCUT2D eigenvalue weighted by atomic mass is 10.1. The van der Waals surface area contributed by atoms with Gasteiger partial charge in [-0.1, -0.05) is 18.6 Å². The molecule has 24 heavy (non-hydrogen) atoms. The van der Waals surface area contributed by atoms with Gasteiger partial charge < -0.3 is 5.32 Å². The molecule has 0 fully saturated rings. The van der Waals surface area contributed by atoms with Gasteiger partial charge in [0.05, 0.1) is 29.0 Å². The normalized spacial score (nSPS) is 12.3. The summed E-state index contributed by atoms with van der Waals surface area (Å²) in [4.78, 5) is 17.3. The molecule has 1 amide bonds.